The van der Waals surface area contributed by atoms with Crippen molar-refractivity contribution in [1.82, 2.24) is 9.29 Å². The molecule has 1 aromatic heterocycles. The van der Waals surface area contributed by atoms with Crippen LogP contribution in [0.5, 0.6) is 0 Å². The lowest BCUT2D eigenvalue weighted by Crippen LogP contribution is -2.42. The lowest BCUT2D eigenvalue weighted by molar-refractivity contribution is 0.141. The lowest BCUT2D eigenvalue weighted by Gasteiger charge is -2.40. The summed E-state index contributed by atoms with van der Waals surface area (Å²) >= 11 is 0. The van der Waals surface area contributed by atoms with Gasteiger partial charge in [0.25, 0.3) is 0 Å². The van der Waals surface area contributed by atoms with E-state index in [1.165, 1.54) is 12.3 Å². The third kappa shape index (κ3) is 2.67. The van der Waals surface area contributed by atoms with Gasteiger partial charge < -0.3 is 5.73 Å². The summed E-state index contributed by atoms with van der Waals surface area (Å²) in [6, 6.07) is 3.13. The van der Waals surface area contributed by atoms with Crippen LogP contribution in [0.25, 0.3) is 0 Å². The summed E-state index contributed by atoms with van der Waals surface area (Å²) in [7, 11) is -3.51. The summed E-state index contributed by atoms with van der Waals surface area (Å²) in [4.78, 5) is 4.00. The highest BCUT2D eigenvalue weighted by Gasteiger charge is 2.36. The van der Waals surface area contributed by atoms with E-state index in [0.29, 0.717) is 18.5 Å². The van der Waals surface area contributed by atoms with Crippen LogP contribution in [0, 0.1) is 5.41 Å². The average molecular weight is 297 g/mol. The van der Waals surface area contributed by atoms with E-state index in [2.05, 4.69) is 18.8 Å². The summed E-state index contributed by atoms with van der Waals surface area (Å²) < 4.78 is 26.7. The molecule has 1 aliphatic rings. The molecule has 0 saturated carbocycles. The Morgan fingerprint density at radius 3 is 2.40 bits per heavy atom. The number of anilines is 1. The fraction of sp³-hybridized carbons (Fsp3) is 0.643. The third-order valence-corrected chi connectivity index (χ3v) is 6.65. The van der Waals surface area contributed by atoms with Crippen LogP contribution >= 0.6 is 0 Å². The Morgan fingerprint density at radius 2 is 1.90 bits per heavy atom. The molecular weight excluding hydrogens is 274 g/mol. The van der Waals surface area contributed by atoms with Gasteiger partial charge >= 0.3 is 0 Å². The molecule has 0 spiro atoms. The van der Waals surface area contributed by atoms with Crippen LogP contribution in [0.3, 0.4) is 0 Å². The van der Waals surface area contributed by atoms with Crippen LogP contribution < -0.4 is 5.73 Å². The number of hydrogen-bond acceptors (Lipinski definition) is 4. The first-order chi connectivity index (χ1) is 9.45. The van der Waals surface area contributed by atoms with E-state index < -0.39 is 10.0 Å². The maximum absolute atomic E-state index is 12.6. The number of aromatic nitrogens is 1. The molecule has 112 valence electrons. The average Bonchev–Trinajstić information content (AvgIpc) is 2.47. The first-order valence-electron chi connectivity index (χ1n) is 7.16. The van der Waals surface area contributed by atoms with Crippen molar-refractivity contribution in [2.45, 2.75) is 44.4 Å². The topological polar surface area (TPSA) is 76.3 Å². The quantitative estimate of drug-likeness (QED) is 0.924. The van der Waals surface area contributed by atoms with Gasteiger partial charge in [0.15, 0.2) is 0 Å². The molecule has 0 bridgehead atoms. The second-order valence-electron chi connectivity index (χ2n) is 5.50. The van der Waals surface area contributed by atoms with E-state index >= 15 is 0 Å². The minimum atomic E-state index is -3.51. The summed E-state index contributed by atoms with van der Waals surface area (Å²) in [5.41, 5.74) is 6.00. The highest BCUT2D eigenvalue weighted by atomic mass is 32.2. The summed E-state index contributed by atoms with van der Waals surface area (Å²) in [6.07, 6.45) is 5.54. The number of nitrogens with zero attached hydrogens (tertiary/aromatic N) is 2. The highest BCUT2D eigenvalue weighted by molar-refractivity contribution is 7.89. The first-order valence-corrected chi connectivity index (χ1v) is 8.60. The van der Waals surface area contributed by atoms with Gasteiger partial charge in [0.2, 0.25) is 10.0 Å². The van der Waals surface area contributed by atoms with E-state index in [0.717, 1.165) is 25.7 Å². The Labute approximate surface area is 121 Å². The monoisotopic (exact) mass is 297 g/mol. The fourth-order valence-electron chi connectivity index (χ4n) is 2.92. The first kappa shape index (κ1) is 15.3. The smallest absolute Gasteiger partial charge is 0.246 e. The highest BCUT2D eigenvalue weighted by Crippen LogP contribution is 2.39. The Hall–Kier alpha value is -1.14. The normalized spacial score (nSPS) is 19.9. The molecule has 2 heterocycles. The SMILES string of the molecule is CCC1(CC)CCN(S(=O)(=O)c2cccnc2N)CC1. The van der Waals surface area contributed by atoms with E-state index in [4.69, 9.17) is 5.73 Å². The Balaban J connectivity index is 2.20. The molecule has 2 N–H and O–H groups in total. The molecule has 0 amide bonds. The third-order valence-electron chi connectivity index (χ3n) is 4.70. The van der Waals surface area contributed by atoms with Crippen molar-refractivity contribution in [2.75, 3.05) is 18.8 Å². The zero-order valence-electron chi connectivity index (χ0n) is 12.2. The Kier molecular flexibility index (Phi) is 4.34. The predicted octanol–water partition coefficient (Wildman–Crippen LogP) is 2.25. The maximum Gasteiger partial charge on any atom is 0.246 e. The van der Waals surface area contributed by atoms with Gasteiger partial charge in [-0.3, -0.25) is 0 Å². The largest absolute Gasteiger partial charge is 0.383 e. The number of piperidine rings is 1. The lowest BCUT2D eigenvalue weighted by atomic mass is 9.75. The van der Waals surface area contributed by atoms with Gasteiger partial charge in [0.1, 0.15) is 10.7 Å². The van der Waals surface area contributed by atoms with E-state index in [1.807, 2.05) is 0 Å². The van der Waals surface area contributed by atoms with E-state index in [9.17, 15) is 8.42 Å². The second kappa shape index (κ2) is 5.69. The van der Waals surface area contributed by atoms with Crippen molar-refractivity contribution in [3.63, 3.8) is 0 Å². The molecule has 0 aromatic carbocycles. The van der Waals surface area contributed by atoms with Crippen molar-refractivity contribution in [3.8, 4) is 0 Å². The van der Waals surface area contributed by atoms with Gasteiger partial charge in [0.05, 0.1) is 0 Å². The van der Waals surface area contributed by atoms with Gasteiger partial charge in [-0.1, -0.05) is 26.7 Å². The van der Waals surface area contributed by atoms with Crippen molar-refractivity contribution < 1.29 is 8.42 Å². The van der Waals surface area contributed by atoms with Gasteiger partial charge in [0, 0.05) is 19.3 Å². The van der Waals surface area contributed by atoms with E-state index in [-0.39, 0.29) is 10.7 Å². The molecule has 1 fully saturated rings. The Bertz CT molecular complexity index is 558. The Morgan fingerprint density at radius 1 is 1.30 bits per heavy atom. The van der Waals surface area contributed by atoms with Crippen LogP contribution in [0.2, 0.25) is 0 Å². The zero-order chi connectivity index (χ0) is 14.8. The van der Waals surface area contributed by atoms with Crippen molar-refractivity contribution in [1.29, 1.82) is 0 Å². The molecule has 0 atom stereocenters. The number of nitrogens with two attached hydrogens (primary N) is 1. The van der Waals surface area contributed by atoms with Crippen LogP contribution in [-0.4, -0.2) is 30.8 Å². The molecule has 0 aliphatic carbocycles. The number of rotatable bonds is 4. The number of hydrogen-bond donors (Lipinski definition) is 1. The van der Waals surface area contributed by atoms with Crippen LogP contribution in [0.1, 0.15) is 39.5 Å². The van der Waals surface area contributed by atoms with E-state index in [1.54, 1.807) is 10.4 Å². The van der Waals surface area contributed by atoms with Crippen LogP contribution in [-0.2, 0) is 10.0 Å². The predicted molar refractivity (Wildman–Crippen MR) is 79.7 cm³/mol. The van der Waals surface area contributed by atoms with Gasteiger partial charge in [-0.2, -0.15) is 4.31 Å². The summed E-state index contributed by atoms with van der Waals surface area (Å²) in [5, 5.41) is 0. The van der Waals surface area contributed by atoms with Crippen molar-refractivity contribution in [3.05, 3.63) is 18.3 Å². The minimum Gasteiger partial charge on any atom is -0.383 e. The second-order valence-corrected chi connectivity index (χ2v) is 7.40. The number of nitrogen functional groups attached to an aromatic ring is 1. The van der Waals surface area contributed by atoms with Gasteiger partial charge in [-0.05, 0) is 30.4 Å². The number of sulfonamides is 1. The standard InChI is InChI=1S/C14H23N3O2S/c1-3-14(4-2)7-10-17(11-8-14)20(18,19)12-6-5-9-16-13(12)15/h5-6,9H,3-4,7-8,10-11H2,1-2H3,(H2,15,16). The maximum atomic E-state index is 12.6. The van der Waals surface area contributed by atoms with Crippen molar-refractivity contribution >= 4 is 15.8 Å². The molecule has 5 nitrogen and oxygen atoms in total. The molecule has 6 heteroatoms. The van der Waals surface area contributed by atoms with Crippen molar-refractivity contribution in [2.24, 2.45) is 5.41 Å². The molecule has 2 rings (SSSR count). The number of pyridine rings is 1. The molecule has 20 heavy (non-hydrogen) atoms. The molecular formula is C14H23N3O2S. The van der Waals surface area contributed by atoms with Crippen LogP contribution in [0.4, 0.5) is 5.82 Å². The molecule has 0 unspecified atom stereocenters. The zero-order valence-corrected chi connectivity index (χ0v) is 13.0. The fourth-order valence-corrected chi connectivity index (χ4v) is 4.43. The van der Waals surface area contributed by atoms with Crippen LogP contribution in [0.15, 0.2) is 23.2 Å². The molecule has 1 aliphatic heterocycles. The molecule has 1 saturated heterocycles. The summed E-state index contributed by atoms with van der Waals surface area (Å²) in [6.45, 7) is 5.51. The van der Waals surface area contributed by atoms with Gasteiger partial charge in [-0.25, -0.2) is 13.4 Å². The van der Waals surface area contributed by atoms with Gasteiger partial charge in [-0.15, -0.1) is 0 Å². The molecule has 0 radical (unpaired) electrons. The minimum absolute atomic E-state index is 0.0790. The summed E-state index contributed by atoms with van der Waals surface area (Å²) in [5.74, 6) is 0.0790. The molecule has 1 aromatic rings.